The van der Waals surface area contributed by atoms with Crippen molar-refractivity contribution in [1.29, 1.82) is 0 Å². The standard InChI is InChI=1S/C16H30N2O/c1-5-15-17-14(9-11(2)3)16(19)18(15)10-13-8-6-7-12(13)4/h11-15,17H,5-10H2,1-4H3. The molecule has 1 saturated carbocycles. The molecule has 1 heterocycles. The molecule has 3 nitrogen and oxygen atoms in total. The second-order valence-electron chi connectivity index (χ2n) is 6.93. The molecule has 4 unspecified atom stereocenters. The van der Waals surface area contributed by atoms with Gasteiger partial charge in [-0.1, -0.05) is 40.5 Å². The van der Waals surface area contributed by atoms with Crippen LogP contribution in [0.2, 0.25) is 0 Å². The lowest BCUT2D eigenvalue weighted by atomic mass is 9.97. The number of hydrogen-bond donors (Lipinski definition) is 1. The second-order valence-corrected chi connectivity index (χ2v) is 6.93. The Hall–Kier alpha value is -0.570. The van der Waals surface area contributed by atoms with Crippen molar-refractivity contribution < 1.29 is 4.79 Å². The quantitative estimate of drug-likeness (QED) is 0.829. The lowest BCUT2D eigenvalue weighted by molar-refractivity contribution is -0.131. The first-order valence-corrected chi connectivity index (χ1v) is 8.09. The van der Waals surface area contributed by atoms with Crippen molar-refractivity contribution in [3.05, 3.63) is 0 Å². The molecule has 0 bridgehead atoms. The van der Waals surface area contributed by atoms with Gasteiger partial charge in [0.1, 0.15) is 0 Å². The first-order chi connectivity index (χ1) is 9.02. The maximum atomic E-state index is 12.6. The van der Waals surface area contributed by atoms with Gasteiger partial charge in [-0.2, -0.15) is 0 Å². The van der Waals surface area contributed by atoms with Crippen LogP contribution in [0.3, 0.4) is 0 Å². The molecule has 0 aromatic rings. The van der Waals surface area contributed by atoms with Crippen molar-refractivity contribution in [2.24, 2.45) is 17.8 Å². The Morgan fingerprint density at radius 1 is 1.37 bits per heavy atom. The van der Waals surface area contributed by atoms with Gasteiger partial charge in [0.05, 0.1) is 12.2 Å². The summed E-state index contributed by atoms with van der Waals surface area (Å²) in [5, 5.41) is 3.54. The molecule has 0 aromatic heterocycles. The molecule has 1 aliphatic heterocycles. The molecule has 110 valence electrons. The number of carbonyl (C=O) groups is 1. The van der Waals surface area contributed by atoms with Crippen LogP contribution < -0.4 is 5.32 Å². The highest BCUT2D eigenvalue weighted by Gasteiger charge is 2.39. The Bertz CT molecular complexity index is 316. The third-order valence-corrected chi connectivity index (χ3v) is 4.92. The topological polar surface area (TPSA) is 32.3 Å². The van der Waals surface area contributed by atoms with E-state index in [0.717, 1.165) is 31.2 Å². The first-order valence-electron chi connectivity index (χ1n) is 8.09. The van der Waals surface area contributed by atoms with Gasteiger partial charge < -0.3 is 4.90 Å². The third-order valence-electron chi connectivity index (χ3n) is 4.92. The molecule has 2 fully saturated rings. The maximum Gasteiger partial charge on any atom is 0.241 e. The largest absolute Gasteiger partial charge is 0.326 e. The summed E-state index contributed by atoms with van der Waals surface area (Å²) in [5.74, 6) is 2.43. The molecule has 2 aliphatic rings. The number of amides is 1. The zero-order valence-electron chi connectivity index (χ0n) is 13.0. The summed E-state index contributed by atoms with van der Waals surface area (Å²) in [7, 11) is 0. The molecule has 3 heteroatoms. The monoisotopic (exact) mass is 266 g/mol. The zero-order chi connectivity index (χ0) is 14.0. The van der Waals surface area contributed by atoms with Gasteiger partial charge in [-0.25, -0.2) is 0 Å². The predicted octanol–water partition coefficient (Wildman–Crippen LogP) is 3.01. The minimum atomic E-state index is 0.0571. The zero-order valence-corrected chi connectivity index (χ0v) is 13.0. The van der Waals surface area contributed by atoms with E-state index in [4.69, 9.17) is 0 Å². The molecule has 1 amide bonds. The average Bonchev–Trinajstić information content (AvgIpc) is 2.87. The maximum absolute atomic E-state index is 12.6. The molecule has 0 spiro atoms. The number of nitrogens with one attached hydrogen (secondary N) is 1. The van der Waals surface area contributed by atoms with E-state index in [1.54, 1.807) is 0 Å². The van der Waals surface area contributed by atoms with Gasteiger partial charge in [0, 0.05) is 6.54 Å². The summed E-state index contributed by atoms with van der Waals surface area (Å²) < 4.78 is 0. The molecule has 4 atom stereocenters. The summed E-state index contributed by atoms with van der Waals surface area (Å²) in [6.45, 7) is 9.88. The lowest BCUT2D eigenvalue weighted by Crippen LogP contribution is -2.40. The van der Waals surface area contributed by atoms with Crippen LogP contribution in [0.1, 0.15) is 59.8 Å². The van der Waals surface area contributed by atoms with Crippen LogP contribution in [-0.4, -0.2) is 29.6 Å². The van der Waals surface area contributed by atoms with E-state index in [1.165, 1.54) is 19.3 Å². The molecule has 0 aromatic carbocycles. The van der Waals surface area contributed by atoms with Crippen molar-refractivity contribution in [2.45, 2.75) is 72.0 Å². The molecule has 1 N–H and O–H groups in total. The van der Waals surface area contributed by atoms with Gasteiger partial charge in [-0.05, 0) is 37.0 Å². The minimum absolute atomic E-state index is 0.0571. The number of carbonyl (C=O) groups excluding carboxylic acids is 1. The van der Waals surface area contributed by atoms with Gasteiger partial charge >= 0.3 is 0 Å². The smallest absolute Gasteiger partial charge is 0.241 e. The fraction of sp³-hybridized carbons (Fsp3) is 0.938. The van der Waals surface area contributed by atoms with Crippen LogP contribution in [-0.2, 0) is 4.79 Å². The molecular weight excluding hydrogens is 236 g/mol. The van der Waals surface area contributed by atoms with Crippen molar-refractivity contribution in [3.63, 3.8) is 0 Å². The summed E-state index contributed by atoms with van der Waals surface area (Å²) in [4.78, 5) is 14.7. The van der Waals surface area contributed by atoms with Crippen molar-refractivity contribution in [2.75, 3.05) is 6.54 Å². The normalized spacial score (nSPS) is 35.6. The number of nitrogens with zero attached hydrogens (tertiary/aromatic N) is 1. The first kappa shape index (κ1) is 14.8. The van der Waals surface area contributed by atoms with Crippen LogP contribution in [0.25, 0.3) is 0 Å². The summed E-state index contributed by atoms with van der Waals surface area (Å²) >= 11 is 0. The second kappa shape index (κ2) is 6.25. The lowest BCUT2D eigenvalue weighted by Gasteiger charge is -2.28. The molecule has 1 aliphatic carbocycles. The van der Waals surface area contributed by atoms with Gasteiger partial charge in [-0.3, -0.25) is 10.1 Å². The Kier molecular flexibility index (Phi) is 4.88. The van der Waals surface area contributed by atoms with E-state index in [-0.39, 0.29) is 12.2 Å². The van der Waals surface area contributed by atoms with E-state index in [0.29, 0.717) is 11.8 Å². The summed E-state index contributed by atoms with van der Waals surface area (Å²) in [6, 6.07) is 0.0571. The van der Waals surface area contributed by atoms with Crippen LogP contribution >= 0.6 is 0 Å². The van der Waals surface area contributed by atoms with Crippen LogP contribution in [0.5, 0.6) is 0 Å². The van der Waals surface area contributed by atoms with Crippen molar-refractivity contribution >= 4 is 5.91 Å². The van der Waals surface area contributed by atoms with Crippen LogP contribution in [0, 0.1) is 17.8 Å². The van der Waals surface area contributed by atoms with E-state index < -0.39 is 0 Å². The van der Waals surface area contributed by atoms with Gasteiger partial charge in [0.15, 0.2) is 0 Å². The van der Waals surface area contributed by atoms with Gasteiger partial charge in [-0.15, -0.1) is 0 Å². The average molecular weight is 266 g/mol. The Morgan fingerprint density at radius 2 is 2.11 bits per heavy atom. The third kappa shape index (κ3) is 3.31. The van der Waals surface area contributed by atoms with E-state index in [9.17, 15) is 4.79 Å². The predicted molar refractivity (Wildman–Crippen MR) is 78.7 cm³/mol. The summed E-state index contributed by atoms with van der Waals surface area (Å²) in [6.07, 6.45) is 6.23. The number of rotatable bonds is 5. The Morgan fingerprint density at radius 3 is 2.63 bits per heavy atom. The fourth-order valence-corrected chi connectivity index (χ4v) is 3.69. The van der Waals surface area contributed by atoms with Crippen molar-refractivity contribution in [3.8, 4) is 0 Å². The molecule has 0 radical (unpaired) electrons. The highest BCUT2D eigenvalue weighted by Crippen LogP contribution is 2.33. The SMILES string of the molecule is CCC1NC(CC(C)C)C(=O)N1CC1CCCC1C. The van der Waals surface area contributed by atoms with Gasteiger partial charge in [0.25, 0.3) is 0 Å². The van der Waals surface area contributed by atoms with Crippen LogP contribution in [0.15, 0.2) is 0 Å². The van der Waals surface area contributed by atoms with Crippen LogP contribution in [0.4, 0.5) is 0 Å². The van der Waals surface area contributed by atoms with Crippen molar-refractivity contribution in [1.82, 2.24) is 10.2 Å². The highest BCUT2D eigenvalue weighted by molar-refractivity contribution is 5.84. The van der Waals surface area contributed by atoms with E-state index in [1.807, 2.05) is 0 Å². The number of hydrogen-bond acceptors (Lipinski definition) is 2. The van der Waals surface area contributed by atoms with Gasteiger partial charge in [0.2, 0.25) is 5.91 Å². The van der Waals surface area contributed by atoms with E-state index in [2.05, 4.69) is 37.9 Å². The molecule has 1 saturated heterocycles. The Labute approximate surface area is 118 Å². The Balaban J connectivity index is 1.99. The molecular formula is C16H30N2O. The molecule has 2 rings (SSSR count). The molecule has 19 heavy (non-hydrogen) atoms. The fourth-order valence-electron chi connectivity index (χ4n) is 3.69. The van der Waals surface area contributed by atoms with E-state index >= 15 is 0 Å². The summed E-state index contributed by atoms with van der Waals surface area (Å²) in [5.41, 5.74) is 0. The highest BCUT2D eigenvalue weighted by atomic mass is 16.2. The minimum Gasteiger partial charge on any atom is -0.326 e.